The Bertz CT molecular complexity index is 1320. The molecule has 1 saturated heterocycles. The van der Waals surface area contributed by atoms with E-state index in [-0.39, 0.29) is 18.1 Å². The van der Waals surface area contributed by atoms with E-state index < -0.39 is 5.82 Å². The summed E-state index contributed by atoms with van der Waals surface area (Å²) in [6, 6.07) is 7.24. The van der Waals surface area contributed by atoms with Crippen molar-refractivity contribution >= 4 is 16.9 Å². The number of hydrogen-bond acceptors (Lipinski definition) is 8. The van der Waals surface area contributed by atoms with E-state index in [9.17, 15) is 9.65 Å². The summed E-state index contributed by atoms with van der Waals surface area (Å²) in [5, 5.41) is 21.4. The molecule has 0 radical (unpaired) electrons. The predicted octanol–water partition coefficient (Wildman–Crippen LogP) is 5.20. The van der Waals surface area contributed by atoms with Crippen LogP contribution in [0.3, 0.4) is 0 Å². The van der Waals surface area contributed by atoms with Crippen molar-refractivity contribution in [3.63, 3.8) is 0 Å². The van der Waals surface area contributed by atoms with Gasteiger partial charge in [-0.15, -0.1) is 0 Å². The van der Waals surface area contributed by atoms with E-state index in [1.165, 1.54) is 18.5 Å². The summed E-state index contributed by atoms with van der Waals surface area (Å²) in [6.45, 7) is 11.8. The summed E-state index contributed by atoms with van der Waals surface area (Å²) in [7, 11) is 0. The lowest BCUT2D eigenvalue weighted by atomic mass is 10.0. The Morgan fingerprint density at radius 1 is 1.18 bits per heavy atom. The van der Waals surface area contributed by atoms with Gasteiger partial charge in [0, 0.05) is 17.7 Å². The smallest absolute Gasteiger partial charge is 0.148 e. The number of ether oxygens (including phenoxy) is 1. The van der Waals surface area contributed by atoms with Gasteiger partial charge in [-0.1, -0.05) is 27.7 Å². The Balaban J connectivity index is 0.00000100. The average molecular weight is 535 g/mol. The third-order valence-electron chi connectivity index (χ3n) is 6.47. The second-order valence-corrected chi connectivity index (χ2v) is 9.01. The molecule has 0 amide bonds. The number of aromatic nitrogens is 3. The van der Waals surface area contributed by atoms with Gasteiger partial charge in [-0.05, 0) is 63.9 Å². The second-order valence-electron chi connectivity index (χ2n) is 9.01. The number of nitrogens with zero attached hydrogens (tertiary/aromatic N) is 6. The van der Waals surface area contributed by atoms with Gasteiger partial charge in [0.1, 0.15) is 40.5 Å². The van der Waals surface area contributed by atoms with Crippen LogP contribution in [0.15, 0.2) is 46.9 Å². The SMILES string of the molecule is CC.CC.CC(=NC1CCNCC1)/C(=N\N)c1cc(OC(c2ccc(F)cn2)C2CC2)c2c(C#N)cnn2c1. The van der Waals surface area contributed by atoms with E-state index in [4.69, 9.17) is 15.6 Å². The van der Waals surface area contributed by atoms with E-state index in [0.717, 1.165) is 44.5 Å². The van der Waals surface area contributed by atoms with E-state index in [0.29, 0.717) is 33.8 Å². The van der Waals surface area contributed by atoms with Gasteiger partial charge in [-0.25, -0.2) is 8.91 Å². The third-order valence-corrected chi connectivity index (χ3v) is 6.47. The first-order chi connectivity index (χ1) is 19.1. The molecule has 1 saturated carbocycles. The summed E-state index contributed by atoms with van der Waals surface area (Å²) in [5.74, 6) is 6.16. The summed E-state index contributed by atoms with van der Waals surface area (Å²) in [5.41, 5.74) is 3.53. The number of nitriles is 1. The van der Waals surface area contributed by atoms with Crippen molar-refractivity contribution in [3.8, 4) is 11.8 Å². The van der Waals surface area contributed by atoms with Crippen molar-refractivity contribution in [2.45, 2.75) is 72.4 Å². The number of hydrogen-bond donors (Lipinski definition) is 2. The van der Waals surface area contributed by atoms with Crippen molar-refractivity contribution in [1.82, 2.24) is 19.9 Å². The van der Waals surface area contributed by atoms with Crippen molar-refractivity contribution in [2.75, 3.05) is 13.1 Å². The Kier molecular flexibility index (Phi) is 10.9. The maximum atomic E-state index is 13.5. The number of nitrogens with one attached hydrogen (secondary N) is 1. The molecule has 2 fully saturated rings. The van der Waals surface area contributed by atoms with Crippen LogP contribution in [-0.4, -0.2) is 45.2 Å². The van der Waals surface area contributed by atoms with Crippen molar-refractivity contribution in [1.29, 1.82) is 5.26 Å². The average Bonchev–Trinajstić information content (AvgIpc) is 3.74. The first kappa shape index (κ1) is 29.7. The fourth-order valence-corrected chi connectivity index (χ4v) is 4.52. The van der Waals surface area contributed by atoms with Crippen LogP contribution in [0, 0.1) is 23.1 Å². The zero-order chi connectivity index (χ0) is 28.4. The minimum absolute atomic E-state index is 0.214. The minimum Gasteiger partial charge on any atom is -0.481 e. The van der Waals surface area contributed by atoms with Crippen LogP contribution in [0.4, 0.5) is 4.39 Å². The zero-order valence-electron chi connectivity index (χ0n) is 23.5. The Morgan fingerprint density at radius 3 is 2.49 bits per heavy atom. The number of hydrazone groups is 1. The van der Waals surface area contributed by atoms with E-state index in [1.54, 1.807) is 16.8 Å². The van der Waals surface area contributed by atoms with Crippen LogP contribution in [0.25, 0.3) is 5.52 Å². The molecule has 9 nitrogen and oxygen atoms in total. The lowest BCUT2D eigenvalue weighted by Gasteiger charge is -2.21. The number of fused-ring (bicyclic) bond motifs is 1. The molecule has 0 spiro atoms. The number of aliphatic imine (C=N–C) groups is 1. The van der Waals surface area contributed by atoms with Crippen molar-refractivity contribution in [2.24, 2.45) is 21.9 Å². The largest absolute Gasteiger partial charge is 0.481 e. The molecule has 3 N–H and O–H groups in total. The number of piperidine rings is 1. The zero-order valence-corrected chi connectivity index (χ0v) is 23.5. The highest BCUT2D eigenvalue weighted by Gasteiger charge is 2.36. The van der Waals surface area contributed by atoms with Crippen LogP contribution >= 0.6 is 0 Å². The van der Waals surface area contributed by atoms with E-state index in [1.807, 2.05) is 40.7 Å². The van der Waals surface area contributed by atoms with E-state index in [2.05, 4.69) is 26.6 Å². The molecular formula is C29H39FN8O. The van der Waals surface area contributed by atoms with Gasteiger partial charge in [0.25, 0.3) is 0 Å². The molecule has 10 heteroatoms. The number of pyridine rings is 2. The molecule has 1 atom stereocenters. The molecule has 3 aromatic rings. The lowest BCUT2D eigenvalue weighted by Crippen LogP contribution is -2.31. The van der Waals surface area contributed by atoms with Crippen LogP contribution in [0.2, 0.25) is 0 Å². The molecule has 208 valence electrons. The fourth-order valence-electron chi connectivity index (χ4n) is 4.52. The predicted molar refractivity (Wildman–Crippen MR) is 153 cm³/mol. The number of halogens is 1. The topological polar surface area (TPSA) is 126 Å². The first-order valence-corrected chi connectivity index (χ1v) is 13.8. The Hall–Kier alpha value is -3.84. The lowest BCUT2D eigenvalue weighted by molar-refractivity contribution is 0.178. The summed E-state index contributed by atoms with van der Waals surface area (Å²) in [4.78, 5) is 9.13. The molecule has 3 aromatic heterocycles. The van der Waals surface area contributed by atoms with Crippen LogP contribution < -0.4 is 15.9 Å². The molecule has 1 aliphatic heterocycles. The summed E-state index contributed by atoms with van der Waals surface area (Å²) >= 11 is 0. The van der Waals surface area contributed by atoms with Crippen LogP contribution in [0.1, 0.15) is 83.2 Å². The monoisotopic (exact) mass is 534 g/mol. The maximum Gasteiger partial charge on any atom is 0.148 e. The van der Waals surface area contributed by atoms with Crippen molar-refractivity contribution in [3.05, 3.63) is 59.4 Å². The van der Waals surface area contributed by atoms with Gasteiger partial charge in [-0.2, -0.15) is 15.5 Å². The summed E-state index contributed by atoms with van der Waals surface area (Å²) in [6.07, 6.45) is 7.99. The minimum atomic E-state index is -0.400. The highest BCUT2D eigenvalue weighted by molar-refractivity contribution is 6.47. The van der Waals surface area contributed by atoms with Crippen LogP contribution in [-0.2, 0) is 0 Å². The standard InChI is InChI=1S/C25H27FN8O.2C2H6/c1-15(32-20-6-8-29-9-7-20)23(33-28)17-10-22(24-18(11-27)12-31-34(24)14-17)35-25(16-2-3-16)21-5-4-19(26)13-30-21;2*1-2/h4-5,10,12-14,16,20,25,29H,2-3,6-9,28H2,1H3;2*1-2H3/b32-15?,33-23+;;. The first-order valence-electron chi connectivity index (χ1n) is 13.8. The normalized spacial score (nSPS) is 16.8. The number of rotatable bonds is 7. The molecule has 0 aromatic carbocycles. The van der Waals surface area contributed by atoms with Gasteiger partial charge in [0.2, 0.25) is 0 Å². The Labute approximate surface area is 230 Å². The molecule has 4 heterocycles. The Morgan fingerprint density at radius 2 is 1.90 bits per heavy atom. The highest BCUT2D eigenvalue weighted by atomic mass is 19.1. The number of nitrogens with two attached hydrogens (primary N) is 1. The van der Waals surface area contributed by atoms with Gasteiger partial charge in [0.05, 0.1) is 29.8 Å². The van der Waals surface area contributed by atoms with Crippen molar-refractivity contribution < 1.29 is 9.13 Å². The molecule has 2 aliphatic rings. The maximum absolute atomic E-state index is 13.5. The van der Waals surface area contributed by atoms with Gasteiger partial charge in [-0.3, -0.25) is 9.98 Å². The second kappa shape index (κ2) is 14.4. The third kappa shape index (κ3) is 7.18. The molecular weight excluding hydrogens is 495 g/mol. The van der Waals surface area contributed by atoms with E-state index >= 15 is 0 Å². The molecule has 1 unspecified atom stereocenters. The molecule has 1 aliphatic carbocycles. The molecule has 0 bridgehead atoms. The quantitative estimate of drug-likeness (QED) is 0.244. The molecule has 5 rings (SSSR count). The fraction of sp³-hybridized carbons (Fsp3) is 0.483. The highest BCUT2D eigenvalue weighted by Crippen LogP contribution is 2.44. The van der Waals surface area contributed by atoms with Gasteiger partial charge < -0.3 is 15.9 Å². The molecule has 39 heavy (non-hydrogen) atoms. The van der Waals surface area contributed by atoms with Gasteiger partial charge >= 0.3 is 0 Å². The van der Waals surface area contributed by atoms with Gasteiger partial charge in [0.15, 0.2) is 0 Å². The summed E-state index contributed by atoms with van der Waals surface area (Å²) < 4.78 is 21.6. The van der Waals surface area contributed by atoms with Crippen LogP contribution in [0.5, 0.6) is 5.75 Å².